The average molecular weight is 505 g/mol. The summed E-state index contributed by atoms with van der Waals surface area (Å²) in [6.45, 7) is 8.00. The van der Waals surface area contributed by atoms with E-state index in [4.69, 9.17) is 9.47 Å². The second kappa shape index (κ2) is 13.2. The van der Waals surface area contributed by atoms with Crippen LogP contribution in [-0.2, 0) is 11.3 Å². The van der Waals surface area contributed by atoms with Crippen LogP contribution in [0.25, 0.3) is 0 Å². The number of methoxy groups -OCH3 is 1. The normalized spacial score (nSPS) is 18.5. The van der Waals surface area contributed by atoms with Gasteiger partial charge in [0.05, 0.1) is 6.61 Å². The zero-order valence-electron chi connectivity index (χ0n) is 17.8. The molecule has 1 aromatic rings. The molecule has 0 amide bonds. The number of rotatable bonds is 8. The summed E-state index contributed by atoms with van der Waals surface area (Å²) in [6, 6.07) is 6.75. The lowest BCUT2D eigenvalue weighted by molar-refractivity contribution is 0.116. The lowest BCUT2D eigenvalue weighted by Crippen LogP contribution is -2.55. The average Bonchev–Trinajstić information content (AvgIpc) is 2.66. The largest absolute Gasteiger partial charge is 0.491 e. The molecule has 1 atom stereocenters. The highest BCUT2D eigenvalue weighted by molar-refractivity contribution is 14.0. The van der Waals surface area contributed by atoms with E-state index in [1.54, 1.807) is 14.2 Å². The molecule has 0 spiro atoms. The number of ether oxygens (including phenoxy) is 2. The molecule has 1 unspecified atom stereocenters. The molecule has 28 heavy (non-hydrogen) atoms. The van der Waals surface area contributed by atoms with Crippen LogP contribution in [0.5, 0.6) is 5.75 Å². The number of hydrogen-bond acceptors (Lipinski definition) is 5. The van der Waals surface area contributed by atoms with Crippen LogP contribution in [0, 0.1) is 6.92 Å². The van der Waals surface area contributed by atoms with Crippen molar-refractivity contribution in [2.24, 2.45) is 4.99 Å². The van der Waals surface area contributed by atoms with Gasteiger partial charge in [-0.15, -0.1) is 24.0 Å². The van der Waals surface area contributed by atoms with Crippen LogP contribution < -0.4 is 15.4 Å². The molecule has 8 heteroatoms. The summed E-state index contributed by atoms with van der Waals surface area (Å²) >= 11 is 0. The van der Waals surface area contributed by atoms with Crippen molar-refractivity contribution in [3.63, 3.8) is 0 Å². The molecule has 0 saturated carbocycles. The summed E-state index contributed by atoms with van der Waals surface area (Å²) in [7, 11) is 7.84. The zero-order valence-corrected chi connectivity index (χ0v) is 20.2. The molecular weight excluding hydrogens is 469 g/mol. The number of nitrogens with zero attached hydrogens (tertiary/aromatic N) is 3. The molecule has 1 aromatic carbocycles. The Balaban J connectivity index is 0.00000392. The maximum Gasteiger partial charge on any atom is 0.191 e. The molecule has 2 N–H and O–H groups in total. The molecule has 1 heterocycles. The van der Waals surface area contributed by atoms with E-state index in [0.717, 1.165) is 43.5 Å². The fourth-order valence-corrected chi connectivity index (χ4v) is 3.11. The summed E-state index contributed by atoms with van der Waals surface area (Å²) in [5, 5.41) is 6.85. The van der Waals surface area contributed by atoms with Crippen LogP contribution in [0.1, 0.15) is 11.1 Å². The summed E-state index contributed by atoms with van der Waals surface area (Å²) in [5.74, 6) is 1.70. The van der Waals surface area contributed by atoms with E-state index in [1.807, 2.05) is 0 Å². The van der Waals surface area contributed by atoms with Gasteiger partial charge in [-0.25, -0.2) is 0 Å². The Bertz CT molecular complexity index is 614. The Morgan fingerprint density at radius 1 is 1.21 bits per heavy atom. The first-order valence-corrected chi connectivity index (χ1v) is 9.58. The minimum absolute atomic E-state index is 0. The molecule has 1 aliphatic rings. The standard InChI is InChI=1S/C20H35N5O2.HI/c1-16-6-7-17(19(12-16)27-11-10-26-5)13-22-20(21-2)23-14-18-15-24(3)8-9-25(18)4;/h6-7,12,18H,8-11,13-15H2,1-5H3,(H2,21,22,23);1H. The van der Waals surface area contributed by atoms with E-state index in [1.165, 1.54) is 5.56 Å². The fourth-order valence-electron chi connectivity index (χ4n) is 3.11. The van der Waals surface area contributed by atoms with Gasteiger partial charge in [0.25, 0.3) is 0 Å². The molecule has 7 nitrogen and oxygen atoms in total. The molecule has 2 rings (SSSR count). The van der Waals surface area contributed by atoms with Crippen LogP contribution in [-0.4, -0.2) is 89.4 Å². The molecule has 1 fully saturated rings. The summed E-state index contributed by atoms with van der Waals surface area (Å²) < 4.78 is 10.9. The highest BCUT2D eigenvalue weighted by Crippen LogP contribution is 2.20. The van der Waals surface area contributed by atoms with Gasteiger partial charge in [0.15, 0.2) is 5.96 Å². The number of nitrogens with one attached hydrogen (secondary N) is 2. The number of guanidine groups is 1. The molecule has 1 aliphatic heterocycles. The number of halogens is 1. The zero-order chi connectivity index (χ0) is 19.6. The highest BCUT2D eigenvalue weighted by atomic mass is 127. The van der Waals surface area contributed by atoms with Gasteiger partial charge in [-0.3, -0.25) is 9.89 Å². The van der Waals surface area contributed by atoms with E-state index in [0.29, 0.717) is 25.8 Å². The van der Waals surface area contributed by atoms with Crippen molar-refractivity contribution in [1.29, 1.82) is 0 Å². The monoisotopic (exact) mass is 505 g/mol. The van der Waals surface area contributed by atoms with Gasteiger partial charge in [-0.05, 0) is 32.6 Å². The van der Waals surface area contributed by atoms with Crippen molar-refractivity contribution in [1.82, 2.24) is 20.4 Å². The first-order chi connectivity index (χ1) is 13.0. The lowest BCUT2D eigenvalue weighted by atomic mass is 10.1. The van der Waals surface area contributed by atoms with Crippen LogP contribution in [0.3, 0.4) is 0 Å². The number of piperazine rings is 1. The van der Waals surface area contributed by atoms with E-state index in [9.17, 15) is 0 Å². The molecule has 0 radical (unpaired) electrons. The Morgan fingerprint density at radius 2 is 2.00 bits per heavy atom. The predicted octanol–water partition coefficient (Wildman–Crippen LogP) is 1.55. The second-order valence-electron chi connectivity index (χ2n) is 7.16. The Labute approximate surface area is 186 Å². The number of benzene rings is 1. The Morgan fingerprint density at radius 3 is 2.71 bits per heavy atom. The maximum absolute atomic E-state index is 5.87. The van der Waals surface area contributed by atoms with E-state index in [2.05, 4.69) is 64.6 Å². The molecule has 0 bridgehead atoms. The van der Waals surface area contributed by atoms with Crippen LogP contribution in [0.4, 0.5) is 0 Å². The molecular formula is C20H36IN5O2. The van der Waals surface area contributed by atoms with Gasteiger partial charge in [-0.1, -0.05) is 12.1 Å². The van der Waals surface area contributed by atoms with Crippen molar-refractivity contribution in [2.45, 2.75) is 19.5 Å². The van der Waals surface area contributed by atoms with Gasteiger partial charge in [0.2, 0.25) is 0 Å². The van der Waals surface area contributed by atoms with Gasteiger partial charge < -0.3 is 25.0 Å². The molecule has 160 valence electrons. The van der Waals surface area contributed by atoms with Crippen molar-refractivity contribution >= 4 is 29.9 Å². The third-order valence-electron chi connectivity index (χ3n) is 4.92. The topological polar surface area (TPSA) is 61.4 Å². The summed E-state index contributed by atoms with van der Waals surface area (Å²) in [5.41, 5.74) is 2.28. The smallest absolute Gasteiger partial charge is 0.191 e. The lowest BCUT2D eigenvalue weighted by Gasteiger charge is -2.37. The Hall–Kier alpha value is -1.10. The minimum Gasteiger partial charge on any atom is -0.491 e. The number of hydrogen-bond donors (Lipinski definition) is 2. The van der Waals surface area contributed by atoms with Crippen molar-refractivity contribution < 1.29 is 9.47 Å². The number of likely N-dealkylation sites (N-methyl/N-ethyl adjacent to an activating group) is 2. The van der Waals surface area contributed by atoms with Crippen molar-refractivity contribution in [2.75, 3.05) is 67.6 Å². The van der Waals surface area contributed by atoms with Gasteiger partial charge in [0.1, 0.15) is 12.4 Å². The molecule has 0 aromatic heterocycles. The number of aliphatic imine (C=N–C) groups is 1. The predicted molar refractivity (Wildman–Crippen MR) is 126 cm³/mol. The SMILES string of the molecule is CN=C(NCc1ccc(C)cc1OCCOC)NCC1CN(C)CCN1C.I. The summed E-state index contributed by atoms with van der Waals surface area (Å²) in [6.07, 6.45) is 0. The van der Waals surface area contributed by atoms with Crippen molar-refractivity contribution in [3.05, 3.63) is 29.3 Å². The highest BCUT2D eigenvalue weighted by Gasteiger charge is 2.22. The first kappa shape index (κ1) is 24.9. The Kier molecular flexibility index (Phi) is 11.7. The van der Waals surface area contributed by atoms with Crippen LogP contribution >= 0.6 is 24.0 Å². The van der Waals surface area contributed by atoms with Crippen LogP contribution in [0.2, 0.25) is 0 Å². The third kappa shape index (κ3) is 8.10. The number of aryl methyl sites for hydroxylation is 1. The third-order valence-corrected chi connectivity index (χ3v) is 4.92. The van der Waals surface area contributed by atoms with E-state index < -0.39 is 0 Å². The van der Waals surface area contributed by atoms with Gasteiger partial charge in [0, 0.05) is 58.5 Å². The van der Waals surface area contributed by atoms with Gasteiger partial charge >= 0.3 is 0 Å². The maximum atomic E-state index is 5.87. The second-order valence-corrected chi connectivity index (χ2v) is 7.16. The van der Waals surface area contributed by atoms with Crippen LogP contribution in [0.15, 0.2) is 23.2 Å². The van der Waals surface area contributed by atoms with Crippen molar-refractivity contribution in [3.8, 4) is 5.75 Å². The molecule has 0 aliphatic carbocycles. The van der Waals surface area contributed by atoms with E-state index >= 15 is 0 Å². The minimum atomic E-state index is 0. The first-order valence-electron chi connectivity index (χ1n) is 9.58. The van der Waals surface area contributed by atoms with Gasteiger partial charge in [-0.2, -0.15) is 0 Å². The summed E-state index contributed by atoms with van der Waals surface area (Å²) in [4.78, 5) is 9.13. The fraction of sp³-hybridized carbons (Fsp3) is 0.650. The van der Waals surface area contributed by atoms with E-state index in [-0.39, 0.29) is 24.0 Å². The molecule has 1 saturated heterocycles. The quantitative estimate of drug-likeness (QED) is 0.242.